The Kier molecular flexibility index (Phi) is 7.34. The quantitative estimate of drug-likeness (QED) is 0.646. The van der Waals surface area contributed by atoms with Crippen LogP contribution in [-0.4, -0.2) is 37.9 Å². The van der Waals surface area contributed by atoms with Crippen LogP contribution in [-0.2, 0) is 14.3 Å². The van der Waals surface area contributed by atoms with Crippen molar-refractivity contribution >= 4 is 5.97 Å². The molecule has 0 amide bonds. The van der Waals surface area contributed by atoms with Crippen LogP contribution in [0.4, 0.5) is 0 Å². The Morgan fingerprint density at radius 3 is 2.50 bits per heavy atom. The average Bonchev–Trinajstić information content (AvgIpc) is 2.25. The molecule has 0 aliphatic heterocycles. The van der Waals surface area contributed by atoms with Gasteiger partial charge in [-0.25, -0.2) is 0 Å². The molecule has 0 rings (SSSR count). The zero-order valence-corrected chi connectivity index (χ0v) is 11.1. The van der Waals surface area contributed by atoms with Gasteiger partial charge in [-0.1, -0.05) is 6.92 Å². The Balaban J connectivity index is 4.45. The first-order valence-corrected chi connectivity index (χ1v) is 5.95. The minimum atomic E-state index is -0.653. The molecule has 0 saturated heterocycles. The van der Waals surface area contributed by atoms with Crippen LogP contribution in [0.1, 0.15) is 40.5 Å². The van der Waals surface area contributed by atoms with E-state index >= 15 is 0 Å². The van der Waals surface area contributed by atoms with Crippen molar-refractivity contribution in [1.82, 2.24) is 5.32 Å². The Hall–Kier alpha value is -0.610. The van der Waals surface area contributed by atoms with Crippen LogP contribution < -0.4 is 5.32 Å². The highest BCUT2D eigenvalue weighted by Gasteiger charge is 2.35. The smallest absolute Gasteiger partial charge is 0.325 e. The van der Waals surface area contributed by atoms with Gasteiger partial charge in [-0.2, -0.15) is 0 Å². The molecule has 4 nitrogen and oxygen atoms in total. The summed E-state index contributed by atoms with van der Waals surface area (Å²) in [5.41, 5.74) is -0.653. The van der Waals surface area contributed by atoms with E-state index in [1.165, 1.54) is 7.11 Å². The molecule has 0 aliphatic rings. The van der Waals surface area contributed by atoms with Crippen LogP contribution >= 0.6 is 0 Å². The molecule has 16 heavy (non-hydrogen) atoms. The molecule has 0 aromatic carbocycles. The molecule has 0 saturated carbocycles. The summed E-state index contributed by atoms with van der Waals surface area (Å²) in [6, 6.07) is 0. The fraction of sp³-hybridized carbons (Fsp3) is 0.917. The predicted octanol–water partition coefficient (Wildman–Crippen LogP) is 1.73. The molecule has 0 radical (unpaired) electrons. The molecule has 0 fully saturated rings. The molecule has 1 N–H and O–H groups in total. The van der Waals surface area contributed by atoms with Gasteiger partial charge >= 0.3 is 5.97 Å². The molecule has 0 heterocycles. The molecule has 0 bridgehead atoms. The van der Waals surface area contributed by atoms with Crippen LogP contribution in [0.15, 0.2) is 0 Å². The summed E-state index contributed by atoms with van der Waals surface area (Å²) in [5.74, 6) is -0.229. The van der Waals surface area contributed by atoms with Crippen molar-refractivity contribution in [1.29, 1.82) is 0 Å². The van der Waals surface area contributed by atoms with E-state index in [-0.39, 0.29) is 12.1 Å². The van der Waals surface area contributed by atoms with Crippen molar-refractivity contribution in [3.05, 3.63) is 0 Å². The molecule has 96 valence electrons. The Morgan fingerprint density at radius 2 is 2.06 bits per heavy atom. The van der Waals surface area contributed by atoms with Gasteiger partial charge in [0.25, 0.3) is 0 Å². The Morgan fingerprint density at radius 1 is 1.44 bits per heavy atom. The van der Waals surface area contributed by atoms with E-state index in [0.29, 0.717) is 13.0 Å². The van der Waals surface area contributed by atoms with Crippen molar-refractivity contribution in [2.24, 2.45) is 0 Å². The van der Waals surface area contributed by atoms with Crippen molar-refractivity contribution in [2.45, 2.75) is 52.2 Å². The Labute approximate surface area is 98.7 Å². The summed E-state index contributed by atoms with van der Waals surface area (Å²) in [4.78, 5) is 11.7. The second-order valence-electron chi connectivity index (χ2n) is 4.22. The maximum absolute atomic E-state index is 11.7. The molecular weight excluding hydrogens is 206 g/mol. The second kappa shape index (κ2) is 7.63. The fourth-order valence-corrected chi connectivity index (χ4v) is 1.77. The lowest BCUT2D eigenvalue weighted by atomic mass is 9.94. The highest BCUT2D eigenvalue weighted by Crippen LogP contribution is 2.16. The van der Waals surface area contributed by atoms with E-state index in [0.717, 1.165) is 13.0 Å². The van der Waals surface area contributed by atoms with Crippen molar-refractivity contribution in [2.75, 3.05) is 20.3 Å². The number of rotatable bonds is 8. The number of carbonyl (C=O) groups is 1. The van der Waals surface area contributed by atoms with Crippen LogP contribution in [0.3, 0.4) is 0 Å². The highest BCUT2D eigenvalue weighted by atomic mass is 16.5. The third-order valence-electron chi connectivity index (χ3n) is 2.55. The molecule has 2 atom stereocenters. The lowest BCUT2D eigenvalue weighted by Crippen LogP contribution is -2.52. The molecule has 2 unspecified atom stereocenters. The van der Waals surface area contributed by atoms with Gasteiger partial charge in [0, 0.05) is 13.0 Å². The van der Waals surface area contributed by atoms with Crippen molar-refractivity contribution < 1.29 is 14.3 Å². The summed E-state index contributed by atoms with van der Waals surface area (Å²) < 4.78 is 10.3. The first kappa shape index (κ1) is 15.4. The lowest BCUT2D eigenvalue weighted by Gasteiger charge is -2.30. The van der Waals surface area contributed by atoms with Crippen LogP contribution in [0.25, 0.3) is 0 Å². The summed E-state index contributed by atoms with van der Waals surface area (Å²) in [6.45, 7) is 9.31. The monoisotopic (exact) mass is 231 g/mol. The summed E-state index contributed by atoms with van der Waals surface area (Å²) >= 11 is 0. The molecule has 0 aliphatic carbocycles. The molecule has 0 aromatic heterocycles. The normalized spacial score (nSPS) is 16.6. The van der Waals surface area contributed by atoms with E-state index in [4.69, 9.17) is 9.47 Å². The average molecular weight is 231 g/mol. The number of nitrogens with one attached hydrogen (secondary N) is 1. The van der Waals surface area contributed by atoms with Gasteiger partial charge in [-0.3, -0.25) is 4.79 Å². The third kappa shape index (κ3) is 4.94. The van der Waals surface area contributed by atoms with Crippen LogP contribution in [0.5, 0.6) is 0 Å². The predicted molar refractivity (Wildman–Crippen MR) is 64.4 cm³/mol. The number of carbonyl (C=O) groups excluding carboxylic acids is 1. The Bertz CT molecular complexity index is 208. The van der Waals surface area contributed by atoms with Gasteiger partial charge in [0.2, 0.25) is 0 Å². The zero-order valence-electron chi connectivity index (χ0n) is 11.1. The number of hydrogen-bond acceptors (Lipinski definition) is 4. The van der Waals surface area contributed by atoms with E-state index in [9.17, 15) is 4.79 Å². The molecular formula is C12H25NO3. The van der Waals surface area contributed by atoms with Gasteiger partial charge in [-0.15, -0.1) is 0 Å². The zero-order chi connectivity index (χ0) is 12.6. The number of methoxy groups -OCH3 is 1. The first-order valence-electron chi connectivity index (χ1n) is 5.95. The van der Waals surface area contributed by atoms with Gasteiger partial charge in [0.1, 0.15) is 5.54 Å². The van der Waals surface area contributed by atoms with Crippen molar-refractivity contribution in [3.63, 3.8) is 0 Å². The maximum atomic E-state index is 11.7. The van der Waals surface area contributed by atoms with Crippen LogP contribution in [0.2, 0.25) is 0 Å². The maximum Gasteiger partial charge on any atom is 0.325 e. The lowest BCUT2D eigenvalue weighted by molar-refractivity contribution is -0.149. The SMILES string of the molecule is CCCNC(C)(CC(C)OCC)C(=O)OC. The summed E-state index contributed by atoms with van der Waals surface area (Å²) in [7, 11) is 1.42. The minimum Gasteiger partial charge on any atom is -0.468 e. The molecule has 4 heteroatoms. The third-order valence-corrected chi connectivity index (χ3v) is 2.55. The number of hydrogen-bond donors (Lipinski definition) is 1. The number of ether oxygens (including phenoxy) is 2. The molecule has 0 spiro atoms. The minimum absolute atomic E-state index is 0.0402. The van der Waals surface area contributed by atoms with Crippen LogP contribution in [0, 0.1) is 0 Å². The van der Waals surface area contributed by atoms with Crippen molar-refractivity contribution in [3.8, 4) is 0 Å². The summed E-state index contributed by atoms with van der Waals surface area (Å²) in [6.07, 6.45) is 1.64. The largest absolute Gasteiger partial charge is 0.468 e. The van der Waals surface area contributed by atoms with E-state index in [2.05, 4.69) is 12.2 Å². The van der Waals surface area contributed by atoms with Gasteiger partial charge in [0.15, 0.2) is 0 Å². The standard InChI is InChI=1S/C12H25NO3/c1-6-8-13-12(4,11(14)15-5)9-10(3)16-7-2/h10,13H,6-9H2,1-5H3. The number of esters is 1. The highest BCUT2D eigenvalue weighted by molar-refractivity contribution is 5.80. The first-order chi connectivity index (χ1) is 7.50. The van der Waals surface area contributed by atoms with E-state index < -0.39 is 5.54 Å². The molecule has 0 aromatic rings. The van der Waals surface area contributed by atoms with Gasteiger partial charge < -0.3 is 14.8 Å². The summed E-state index contributed by atoms with van der Waals surface area (Å²) in [5, 5.41) is 3.23. The topological polar surface area (TPSA) is 47.6 Å². The fourth-order valence-electron chi connectivity index (χ4n) is 1.77. The van der Waals surface area contributed by atoms with Gasteiger partial charge in [-0.05, 0) is 33.7 Å². The van der Waals surface area contributed by atoms with Gasteiger partial charge in [0.05, 0.1) is 13.2 Å². The van der Waals surface area contributed by atoms with E-state index in [1.54, 1.807) is 0 Å². The van der Waals surface area contributed by atoms with E-state index in [1.807, 2.05) is 20.8 Å². The second-order valence-corrected chi connectivity index (χ2v) is 4.22.